The zero-order valence-electron chi connectivity index (χ0n) is 16.0. The van der Waals surface area contributed by atoms with Crippen molar-refractivity contribution >= 4 is 17.4 Å². The third-order valence-corrected chi connectivity index (χ3v) is 4.27. The van der Waals surface area contributed by atoms with Gasteiger partial charge in [0.05, 0.1) is 19.9 Å². The number of carbonyl (C=O) groups is 1. The van der Waals surface area contributed by atoms with Crippen molar-refractivity contribution in [1.29, 1.82) is 0 Å². The number of rotatable bonds is 7. The Hall–Kier alpha value is -3.61. The van der Waals surface area contributed by atoms with Crippen molar-refractivity contribution in [1.82, 2.24) is 15.5 Å². The standard InChI is InChI=1S/C21H22N4O3/c1-14-6-4-5-7-15(14)13-22-21(26)17-9-11-20(25-24-17)23-18-12-16(27-2)8-10-19(18)28-3/h4-12H,13H2,1-3H3,(H,22,26)(H,23,25). The van der Waals surface area contributed by atoms with Crippen LogP contribution in [0.5, 0.6) is 11.5 Å². The number of amides is 1. The number of nitrogens with zero attached hydrogens (tertiary/aromatic N) is 2. The van der Waals surface area contributed by atoms with Gasteiger partial charge in [0.25, 0.3) is 5.91 Å². The molecule has 0 radical (unpaired) electrons. The van der Waals surface area contributed by atoms with E-state index in [2.05, 4.69) is 20.8 Å². The fraction of sp³-hybridized carbons (Fsp3) is 0.190. The molecule has 0 atom stereocenters. The summed E-state index contributed by atoms with van der Waals surface area (Å²) in [6.07, 6.45) is 0. The number of hydrogen-bond acceptors (Lipinski definition) is 6. The van der Waals surface area contributed by atoms with Crippen LogP contribution in [0.3, 0.4) is 0 Å². The highest BCUT2D eigenvalue weighted by atomic mass is 16.5. The van der Waals surface area contributed by atoms with Crippen LogP contribution in [0.15, 0.2) is 54.6 Å². The first-order chi connectivity index (χ1) is 13.6. The molecule has 144 valence electrons. The molecule has 0 saturated carbocycles. The minimum Gasteiger partial charge on any atom is -0.497 e. The van der Waals surface area contributed by atoms with Crippen molar-refractivity contribution in [3.8, 4) is 11.5 Å². The Labute approximate surface area is 163 Å². The Bertz CT molecular complexity index is 958. The van der Waals surface area contributed by atoms with Crippen LogP contribution in [-0.2, 0) is 6.54 Å². The van der Waals surface area contributed by atoms with Gasteiger partial charge in [-0.2, -0.15) is 0 Å². The maximum absolute atomic E-state index is 12.3. The Kier molecular flexibility index (Phi) is 6.06. The van der Waals surface area contributed by atoms with Crippen molar-refractivity contribution in [2.75, 3.05) is 19.5 Å². The lowest BCUT2D eigenvalue weighted by Gasteiger charge is -2.12. The largest absolute Gasteiger partial charge is 0.497 e. The second-order valence-electron chi connectivity index (χ2n) is 6.10. The third-order valence-electron chi connectivity index (χ3n) is 4.27. The number of aromatic nitrogens is 2. The quantitative estimate of drug-likeness (QED) is 0.655. The molecule has 0 spiro atoms. The molecule has 0 bridgehead atoms. The van der Waals surface area contributed by atoms with Gasteiger partial charge in [-0.1, -0.05) is 24.3 Å². The lowest BCUT2D eigenvalue weighted by atomic mass is 10.1. The van der Waals surface area contributed by atoms with Gasteiger partial charge < -0.3 is 20.1 Å². The van der Waals surface area contributed by atoms with Gasteiger partial charge in [-0.05, 0) is 42.3 Å². The minimum atomic E-state index is -0.277. The zero-order chi connectivity index (χ0) is 19.9. The summed E-state index contributed by atoms with van der Waals surface area (Å²) in [5.41, 5.74) is 3.12. The van der Waals surface area contributed by atoms with E-state index >= 15 is 0 Å². The monoisotopic (exact) mass is 378 g/mol. The van der Waals surface area contributed by atoms with Crippen LogP contribution >= 0.6 is 0 Å². The first-order valence-corrected chi connectivity index (χ1v) is 8.76. The zero-order valence-corrected chi connectivity index (χ0v) is 16.0. The molecule has 2 N–H and O–H groups in total. The lowest BCUT2D eigenvalue weighted by molar-refractivity contribution is 0.0945. The molecule has 0 aliphatic heterocycles. The molecule has 0 aliphatic rings. The Morgan fingerprint density at radius 3 is 2.50 bits per heavy atom. The minimum absolute atomic E-state index is 0.247. The number of aryl methyl sites for hydroxylation is 1. The van der Waals surface area contributed by atoms with E-state index in [1.165, 1.54) is 0 Å². The van der Waals surface area contributed by atoms with Gasteiger partial charge in [0.1, 0.15) is 11.5 Å². The van der Waals surface area contributed by atoms with Crippen LogP contribution in [-0.4, -0.2) is 30.3 Å². The molecule has 1 heterocycles. The molecule has 3 aromatic rings. The normalized spacial score (nSPS) is 10.2. The number of methoxy groups -OCH3 is 2. The Morgan fingerprint density at radius 2 is 1.82 bits per heavy atom. The maximum Gasteiger partial charge on any atom is 0.272 e. The highest BCUT2D eigenvalue weighted by Crippen LogP contribution is 2.30. The van der Waals surface area contributed by atoms with Gasteiger partial charge >= 0.3 is 0 Å². The summed E-state index contributed by atoms with van der Waals surface area (Å²) < 4.78 is 10.6. The second-order valence-corrected chi connectivity index (χ2v) is 6.10. The number of ether oxygens (including phenoxy) is 2. The van der Waals surface area contributed by atoms with Gasteiger partial charge in [0.15, 0.2) is 11.5 Å². The van der Waals surface area contributed by atoms with Crippen molar-refractivity contribution in [2.45, 2.75) is 13.5 Å². The molecule has 0 aliphatic carbocycles. The first-order valence-electron chi connectivity index (χ1n) is 8.76. The molecule has 0 fully saturated rings. The lowest BCUT2D eigenvalue weighted by Crippen LogP contribution is -2.24. The van der Waals surface area contributed by atoms with Crippen molar-refractivity contribution in [2.24, 2.45) is 0 Å². The summed E-state index contributed by atoms with van der Waals surface area (Å²) in [5.74, 6) is 1.54. The molecular formula is C21H22N4O3. The van der Waals surface area contributed by atoms with Crippen LogP contribution in [0, 0.1) is 6.92 Å². The van der Waals surface area contributed by atoms with E-state index in [1.807, 2.05) is 31.2 Å². The van der Waals surface area contributed by atoms with E-state index in [1.54, 1.807) is 44.6 Å². The molecule has 0 unspecified atom stereocenters. The number of hydrogen-bond donors (Lipinski definition) is 2. The maximum atomic E-state index is 12.3. The molecule has 1 aromatic heterocycles. The van der Waals surface area contributed by atoms with Crippen molar-refractivity contribution in [3.05, 3.63) is 71.4 Å². The SMILES string of the molecule is COc1ccc(OC)c(Nc2ccc(C(=O)NCc3ccccc3C)nn2)c1. The van der Waals surface area contributed by atoms with Crippen LogP contribution < -0.4 is 20.1 Å². The Morgan fingerprint density at radius 1 is 1.00 bits per heavy atom. The molecule has 3 rings (SSSR count). The van der Waals surface area contributed by atoms with Crippen molar-refractivity contribution < 1.29 is 14.3 Å². The van der Waals surface area contributed by atoms with Crippen LogP contribution in [0.1, 0.15) is 21.6 Å². The molecule has 2 aromatic carbocycles. The van der Waals surface area contributed by atoms with E-state index in [4.69, 9.17) is 9.47 Å². The fourth-order valence-corrected chi connectivity index (χ4v) is 2.64. The van der Waals surface area contributed by atoms with Crippen LogP contribution in [0.4, 0.5) is 11.5 Å². The van der Waals surface area contributed by atoms with E-state index in [0.29, 0.717) is 29.5 Å². The van der Waals surface area contributed by atoms with E-state index < -0.39 is 0 Å². The second kappa shape index (κ2) is 8.85. The fourth-order valence-electron chi connectivity index (χ4n) is 2.64. The summed E-state index contributed by atoms with van der Waals surface area (Å²) in [6, 6.07) is 16.6. The third kappa shape index (κ3) is 4.56. The smallest absolute Gasteiger partial charge is 0.272 e. The number of nitrogens with one attached hydrogen (secondary N) is 2. The molecule has 7 nitrogen and oxygen atoms in total. The van der Waals surface area contributed by atoms with Crippen molar-refractivity contribution in [3.63, 3.8) is 0 Å². The molecule has 28 heavy (non-hydrogen) atoms. The average Bonchev–Trinajstić information content (AvgIpc) is 2.73. The number of benzene rings is 2. The van der Waals surface area contributed by atoms with Gasteiger partial charge in [0.2, 0.25) is 0 Å². The molecular weight excluding hydrogens is 356 g/mol. The first kappa shape index (κ1) is 19.2. The molecule has 1 amide bonds. The van der Waals surface area contributed by atoms with Gasteiger partial charge in [-0.25, -0.2) is 0 Å². The predicted molar refractivity (Wildman–Crippen MR) is 107 cm³/mol. The number of carbonyl (C=O) groups excluding carboxylic acids is 1. The van der Waals surface area contributed by atoms with Gasteiger partial charge in [0, 0.05) is 12.6 Å². The van der Waals surface area contributed by atoms with E-state index in [9.17, 15) is 4.79 Å². The van der Waals surface area contributed by atoms with Gasteiger partial charge in [-0.3, -0.25) is 4.79 Å². The summed E-state index contributed by atoms with van der Waals surface area (Å²) in [6.45, 7) is 2.45. The summed E-state index contributed by atoms with van der Waals surface area (Å²) in [4.78, 5) is 12.3. The molecule has 7 heteroatoms. The average molecular weight is 378 g/mol. The summed E-state index contributed by atoms with van der Waals surface area (Å²) in [7, 11) is 3.18. The van der Waals surface area contributed by atoms with Gasteiger partial charge in [-0.15, -0.1) is 10.2 Å². The van der Waals surface area contributed by atoms with Crippen LogP contribution in [0.25, 0.3) is 0 Å². The topological polar surface area (TPSA) is 85.4 Å². The van der Waals surface area contributed by atoms with E-state index in [-0.39, 0.29) is 11.6 Å². The van der Waals surface area contributed by atoms with E-state index in [0.717, 1.165) is 11.1 Å². The van der Waals surface area contributed by atoms with Crippen LogP contribution in [0.2, 0.25) is 0 Å². The predicted octanol–water partition coefficient (Wildman–Crippen LogP) is 3.48. The summed E-state index contributed by atoms with van der Waals surface area (Å²) >= 11 is 0. The summed E-state index contributed by atoms with van der Waals surface area (Å²) in [5, 5.41) is 14.1. The Balaban J connectivity index is 1.66. The highest BCUT2D eigenvalue weighted by molar-refractivity contribution is 5.92. The molecule has 0 saturated heterocycles. The highest BCUT2D eigenvalue weighted by Gasteiger charge is 2.10. The number of anilines is 2.